The molecule has 140 valence electrons. The second-order valence-electron chi connectivity index (χ2n) is 6.88. The summed E-state index contributed by atoms with van der Waals surface area (Å²) in [6, 6.07) is 12.2. The molecule has 6 nitrogen and oxygen atoms in total. The second-order valence-corrected chi connectivity index (χ2v) is 6.88. The first-order chi connectivity index (χ1) is 13.0. The van der Waals surface area contributed by atoms with Crippen LogP contribution in [-0.4, -0.2) is 47.2 Å². The first-order valence-electron chi connectivity index (χ1n) is 8.84. The van der Waals surface area contributed by atoms with Crippen molar-refractivity contribution in [2.45, 2.75) is 24.9 Å². The molecule has 1 saturated heterocycles. The molecular formula is C20H20FN3O3. The highest BCUT2D eigenvalue weighted by Gasteiger charge is 2.55. The SMILES string of the molecule is CC(=O)N1C[C@H]2[C@@H](c3ccccc31)[C@H](CO)N2C(=O)Nc1ccc(F)cc1. The van der Waals surface area contributed by atoms with Gasteiger partial charge in [-0.3, -0.25) is 4.79 Å². The molecule has 0 radical (unpaired) electrons. The van der Waals surface area contributed by atoms with E-state index in [0.717, 1.165) is 11.3 Å². The van der Waals surface area contributed by atoms with Crippen molar-refractivity contribution < 1.29 is 19.1 Å². The highest BCUT2D eigenvalue weighted by Crippen LogP contribution is 2.48. The number of fused-ring (bicyclic) bond motifs is 3. The van der Waals surface area contributed by atoms with Crippen LogP contribution in [0.15, 0.2) is 48.5 Å². The van der Waals surface area contributed by atoms with Crippen LogP contribution >= 0.6 is 0 Å². The molecule has 3 atom stereocenters. The van der Waals surface area contributed by atoms with Gasteiger partial charge in [-0.2, -0.15) is 0 Å². The van der Waals surface area contributed by atoms with Gasteiger partial charge in [-0.25, -0.2) is 9.18 Å². The standard InChI is InChI=1S/C20H20FN3O3/c1-12(26)23-10-17-19(15-4-2-3-5-16(15)23)18(11-25)24(17)20(27)22-14-8-6-13(21)7-9-14/h2-9,17-19,25H,10-11H2,1H3,(H,22,27)/t17-,18-,19+/m0/s1. The summed E-state index contributed by atoms with van der Waals surface area (Å²) in [6.45, 7) is 1.71. The quantitative estimate of drug-likeness (QED) is 0.855. The van der Waals surface area contributed by atoms with Crippen molar-refractivity contribution in [3.63, 3.8) is 0 Å². The topological polar surface area (TPSA) is 72.9 Å². The smallest absolute Gasteiger partial charge is 0.322 e. The van der Waals surface area contributed by atoms with Gasteiger partial charge in [0.15, 0.2) is 0 Å². The summed E-state index contributed by atoms with van der Waals surface area (Å²) in [5.41, 5.74) is 2.28. The monoisotopic (exact) mass is 369 g/mol. The summed E-state index contributed by atoms with van der Waals surface area (Å²) in [7, 11) is 0. The predicted octanol–water partition coefficient (Wildman–Crippen LogP) is 2.55. The van der Waals surface area contributed by atoms with Crippen molar-refractivity contribution in [2.24, 2.45) is 0 Å². The van der Waals surface area contributed by atoms with Gasteiger partial charge in [-0.15, -0.1) is 0 Å². The number of anilines is 2. The number of amides is 3. The van der Waals surface area contributed by atoms with Gasteiger partial charge in [0.1, 0.15) is 5.82 Å². The number of nitrogens with zero attached hydrogens (tertiary/aromatic N) is 2. The lowest BCUT2D eigenvalue weighted by Crippen LogP contribution is -2.71. The number of likely N-dealkylation sites (tertiary alicyclic amines) is 1. The zero-order valence-electron chi connectivity index (χ0n) is 14.8. The molecule has 2 aliphatic heterocycles. The minimum atomic E-state index is -0.383. The largest absolute Gasteiger partial charge is 0.394 e. The van der Waals surface area contributed by atoms with Crippen molar-refractivity contribution in [1.82, 2.24) is 4.90 Å². The summed E-state index contributed by atoms with van der Waals surface area (Å²) in [5, 5.41) is 12.6. The van der Waals surface area contributed by atoms with Crippen LogP contribution in [0.5, 0.6) is 0 Å². The van der Waals surface area contributed by atoms with E-state index in [1.54, 1.807) is 9.80 Å². The summed E-state index contributed by atoms with van der Waals surface area (Å²) < 4.78 is 13.1. The van der Waals surface area contributed by atoms with Crippen molar-refractivity contribution in [3.8, 4) is 0 Å². The Balaban J connectivity index is 1.62. The number of urea groups is 1. The summed E-state index contributed by atoms with van der Waals surface area (Å²) in [4.78, 5) is 28.2. The van der Waals surface area contributed by atoms with Crippen LogP contribution in [0, 0.1) is 5.82 Å². The zero-order chi connectivity index (χ0) is 19.1. The third kappa shape index (κ3) is 2.84. The van der Waals surface area contributed by atoms with Crippen molar-refractivity contribution in [3.05, 3.63) is 59.9 Å². The molecular weight excluding hydrogens is 349 g/mol. The normalized spacial score (nSPS) is 23.1. The van der Waals surface area contributed by atoms with Gasteiger partial charge in [-0.05, 0) is 35.9 Å². The minimum Gasteiger partial charge on any atom is -0.394 e. The molecule has 4 rings (SSSR count). The van der Waals surface area contributed by atoms with Gasteiger partial charge in [-0.1, -0.05) is 18.2 Å². The van der Waals surface area contributed by atoms with Crippen molar-refractivity contribution >= 4 is 23.3 Å². The molecule has 2 heterocycles. The summed E-state index contributed by atoms with van der Waals surface area (Å²) in [5.74, 6) is -0.501. The van der Waals surface area contributed by atoms with Crippen LogP contribution in [0.2, 0.25) is 0 Å². The number of rotatable bonds is 2. The van der Waals surface area contributed by atoms with Crippen LogP contribution in [0.4, 0.5) is 20.6 Å². The first-order valence-corrected chi connectivity index (χ1v) is 8.84. The van der Waals surface area contributed by atoms with Gasteiger partial charge < -0.3 is 20.2 Å². The Morgan fingerprint density at radius 1 is 1.19 bits per heavy atom. The predicted molar refractivity (Wildman–Crippen MR) is 99.1 cm³/mol. The number of hydrogen-bond acceptors (Lipinski definition) is 3. The number of halogens is 1. The number of aliphatic hydroxyl groups is 1. The van der Waals surface area contributed by atoms with E-state index in [9.17, 15) is 19.1 Å². The summed E-state index contributed by atoms with van der Waals surface area (Å²) in [6.07, 6.45) is 0. The van der Waals surface area contributed by atoms with Gasteiger partial charge in [0, 0.05) is 30.8 Å². The summed E-state index contributed by atoms with van der Waals surface area (Å²) >= 11 is 0. The Morgan fingerprint density at radius 2 is 1.89 bits per heavy atom. The van der Waals surface area contributed by atoms with Crippen LogP contribution in [0.3, 0.4) is 0 Å². The number of hydrogen-bond donors (Lipinski definition) is 2. The Hall–Kier alpha value is -2.93. The van der Waals surface area contributed by atoms with Gasteiger partial charge >= 0.3 is 6.03 Å². The Kier molecular flexibility index (Phi) is 4.31. The number of aliphatic hydroxyl groups excluding tert-OH is 1. The minimum absolute atomic E-state index is 0.0271. The molecule has 0 spiro atoms. The lowest BCUT2D eigenvalue weighted by Gasteiger charge is -2.58. The van der Waals surface area contributed by atoms with E-state index in [2.05, 4.69) is 5.32 Å². The van der Waals surface area contributed by atoms with Gasteiger partial charge in [0.25, 0.3) is 0 Å². The van der Waals surface area contributed by atoms with E-state index in [4.69, 9.17) is 0 Å². The molecule has 0 saturated carbocycles. The number of para-hydroxylation sites is 1. The Morgan fingerprint density at radius 3 is 2.56 bits per heavy atom. The third-order valence-electron chi connectivity index (χ3n) is 5.40. The van der Waals surface area contributed by atoms with E-state index < -0.39 is 0 Å². The van der Waals surface area contributed by atoms with E-state index >= 15 is 0 Å². The fraction of sp³-hybridized carbons (Fsp3) is 0.300. The Bertz CT molecular complexity index is 886. The van der Waals surface area contributed by atoms with Gasteiger partial charge in [0.2, 0.25) is 5.91 Å². The molecule has 2 aromatic carbocycles. The molecule has 27 heavy (non-hydrogen) atoms. The highest BCUT2D eigenvalue weighted by molar-refractivity contribution is 5.95. The van der Waals surface area contributed by atoms with Crippen molar-refractivity contribution in [2.75, 3.05) is 23.4 Å². The number of benzene rings is 2. The van der Waals surface area contributed by atoms with E-state index in [1.807, 2.05) is 24.3 Å². The zero-order valence-corrected chi connectivity index (χ0v) is 14.8. The molecule has 3 amide bonds. The molecule has 2 aliphatic rings. The average Bonchev–Trinajstić information content (AvgIpc) is 2.63. The maximum atomic E-state index is 13.1. The lowest BCUT2D eigenvalue weighted by atomic mass is 9.72. The van der Waals surface area contributed by atoms with Gasteiger partial charge in [0.05, 0.1) is 18.7 Å². The highest BCUT2D eigenvalue weighted by atomic mass is 19.1. The van der Waals surface area contributed by atoms with E-state index in [1.165, 1.54) is 31.2 Å². The maximum absolute atomic E-state index is 13.1. The number of carbonyl (C=O) groups excluding carboxylic acids is 2. The molecule has 2 aromatic rings. The van der Waals surface area contributed by atoms with Crippen LogP contribution in [-0.2, 0) is 4.79 Å². The lowest BCUT2D eigenvalue weighted by molar-refractivity contribution is -0.117. The average molecular weight is 369 g/mol. The molecule has 2 N–H and O–H groups in total. The fourth-order valence-corrected chi connectivity index (χ4v) is 4.19. The van der Waals surface area contributed by atoms with E-state index in [0.29, 0.717) is 12.2 Å². The molecule has 7 heteroatoms. The molecule has 1 fully saturated rings. The van der Waals surface area contributed by atoms with Crippen LogP contribution < -0.4 is 10.2 Å². The van der Waals surface area contributed by atoms with Crippen molar-refractivity contribution in [1.29, 1.82) is 0 Å². The number of carbonyl (C=O) groups is 2. The maximum Gasteiger partial charge on any atom is 0.322 e. The van der Waals surface area contributed by atoms with Crippen LogP contribution in [0.25, 0.3) is 0 Å². The molecule has 0 unspecified atom stereocenters. The van der Waals surface area contributed by atoms with Crippen LogP contribution in [0.1, 0.15) is 18.4 Å². The molecule has 0 bridgehead atoms. The number of nitrogens with one attached hydrogen (secondary N) is 1. The second kappa shape index (κ2) is 6.66. The third-order valence-corrected chi connectivity index (χ3v) is 5.40. The van der Waals surface area contributed by atoms with E-state index in [-0.39, 0.29) is 42.4 Å². The first kappa shape index (κ1) is 17.5. The Labute approximate surface area is 156 Å². The molecule has 0 aliphatic carbocycles. The molecule has 0 aromatic heterocycles. The fourth-order valence-electron chi connectivity index (χ4n) is 4.19.